The van der Waals surface area contributed by atoms with Crippen LogP contribution in [0.5, 0.6) is 0 Å². The van der Waals surface area contributed by atoms with E-state index in [-0.39, 0.29) is 0 Å². The van der Waals surface area contributed by atoms with Crippen LogP contribution in [0.3, 0.4) is 0 Å². The van der Waals surface area contributed by atoms with Crippen LogP contribution in [0, 0.1) is 0 Å². The van der Waals surface area contributed by atoms with Gasteiger partial charge in [0.15, 0.2) is 0 Å². The molecule has 0 saturated carbocycles. The Morgan fingerprint density at radius 1 is 0.545 bits per heavy atom. The first-order valence-electron chi connectivity index (χ1n) is 8.38. The molecule has 0 fully saturated rings. The van der Waals surface area contributed by atoms with E-state index >= 15 is 0 Å². The van der Waals surface area contributed by atoms with Crippen molar-refractivity contribution in [1.29, 1.82) is 0 Å². The lowest BCUT2D eigenvalue weighted by Crippen LogP contribution is -2.02. The third-order valence-corrected chi connectivity index (χ3v) is 4.56. The van der Waals surface area contributed by atoms with Crippen LogP contribution < -0.4 is 11.5 Å². The lowest BCUT2D eigenvalue weighted by molar-refractivity contribution is 1.09. The minimum Gasteiger partial charge on any atom is -0.398 e. The van der Waals surface area contributed by atoms with Crippen molar-refractivity contribution >= 4 is 11.4 Å². The first-order chi connectivity index (χ1) is 10.5. The van der Waals surface area contributed by atoms with Crippen LogP contribution >= 0.6 is 0 Å². The summed E-state index contributed by atoms with van der Waals surface area (Å²) in [5, 5.41) is 0. The smallest absolute Gasteiger partial charge is 0.0379 e. The average molecular weight is 296 g/mol. The Kier molecular flexibility index (Phi) is 5.12. The number of hydrogen-bond donors (Lipinski definition) is 2. The lowest BCUT2D eigenvalue weighted by atomic mass is 9.92. The van der Waals surface area contributed by atoms with Gasteiger partial charge in [0.05, 0.1) is 0 Å². The fourth-order valence-corrected chi connectivity index (χ4v) is 3.06. The Hall–Kier alpha value is -1.96. The van der Waals surface area contributed by atoms with Crippen LogP contribution in [0.15, 0.2) is 24.3 Å². The summed E-state index contributed by atoms with van der Waals surface area (Å²) in [5.41, 5.74) is 21.9. The monoisotopic (exact) mass is 296 g/mol. The fourth-order valence-electron chi connectivity index (χ4n) is 3.06. The Morgan fingerprint density at radius 3 is 0.955 bits per heavy atom. The molecule has 0 aliphatic rings. The van der Waals surface area contributed by atoms with E-state index in [1.807, 2.05) is 0 Å². The summed E-state index contributed by atoms with van der Waals surface area (Å²) in [5.74, 6) is 0. The predicted molar refractivity (Wildman–Crippen MR) is 98.2 cm³/mol. The van der Waals surface area contributed by atoms with E-state index < -0.39 is 0 Å². The van der Waals surface area contributed by atoms with Crippen LogP contribution in [0.4, 0.5) is 11.4 Å². The van der Waals surface area contributed by atoms with Crippen LogP contribution in [-0.2, 0) is 25.7 Å². The number of rotatable bonds is 5. The van der Waals surface area contributed by atoms with Gasteiger partial charge in [0.2, 0.25) is 0 Å². The molecular formula is C20H28N2. The second kappa shape index (κ2) is 6.87. The van der Waals surface area contributed by atoms with E-state index in [2.05, 4.69) is 52.0 Å². The van der Waals surface area contributed by atoms with Gasteiger partial charge in [-0.15, -0.1) is 0 Å². The molecular weight excluding hydrogens is 268 g/mol. The Balaban J connectivity index is 2.65. The average Bonchev–Trinajstić information content (AvgIpc) is 2.55. The molecule has 2 aromatic rings. The SMILES string of the molecule is CCc1cc(-c2cc(CC)c(N)c(CC)c2)cc(CC)c1N. The van der Waals surface area contributed by atoms with Crippen LogP contribution in [0.2, 0.25) is 0 Å². The maximum Gasteiger partial charge on any atom is 0.0379 e. The second-order valence-corrected chi connectivity index (χ2v) is 5.83. The molecule has 118 valence electrons. The first kappa shape index (κ1) is 16.4. The Bertz CT molecular complexity index is 562. The molecule has 0 unspecified atom stereocenters. The molecule has 22 heavy (non-hydrogen) atoms. The van der Waals surface area contributed by atoms with Gasteiger partial charge in [-0.3, -0.25) is 0 Å². The molecule has 0 saturated heterocycles. The van der Waals surface area contributed by atoms with Gasteiger partial charge < -0.3 is 11.5 Å². The lowest BCUT2D eigenvalue weighted by Gasteiger charge is -2.16. The molecule has 0 aliphatic heterocycles. The van der Waals surface area contributed by atoms with E-state index in [4.69, 9.17) is 11.5 Å². The van der Waals surface area contributed by atoms with E-state index in [9.17, 15) is 0 Å². The molecule has 0 heterocycles. The molecule has 2 nitrogen and oxygen atoms in total. The zero-order valence-corrected chi connectivity index (χ0v) is 14.3. The first-order valence-corrected chi connectivity index (χ1v) is 8.38. The van der Waals surface area contributed by atoms with Crippen LogP contribution in [-0.4, -0.2) is 0 Å². The van der Waals surface area contributed by atoms with Gasteiger partial charge in [0.25, 0.3) is 0 Å². The molecule has 0 aromatic heterocycles. The third kappa shape index (κ3) is 2.96. The van der Waals surface area contributed by atoms with Crippen LogP contribution in [0.1, 0.15) is 49.9 Å². The number of benzene rings is 2. The highest BCUT2D eigenvalue weighted by molar-refractivity contribution is 5.74. The summed E-state index contributed by atoms with van der Waals surface area (Å²) < 4.78 is 0. The zero-order valence-electron chi connectivity index (χ0n) is 14.3. The van der Waals surface area contributed by atoms with Crippen molar-refractivity contribution in [2.75, 3.05) is 11.5 Å². The molecule has 4 N–H and O–H groups in total. The minimum atomic E-state index is 0.954. The molecule has 2 aromatic carbocycles. The molecule has 0 radical (unpaired) electrons. The van der Waals surface area contributed by atoms with E-state index in [1.165, 1.54) is 33.4 Å². The molecule has 0 amide bonds. The largest absolute Gasteiger partial charge is 0.398 e. The van der Waals surface area contributed by atoms with Gasteiger partial charge in [-0.05, 0) is 83.3 Å². The number of nitrogen functional groups attached to an aromatic ring is 2. The van der Waals surface area contributed by atoms with Gasteiger partial charge in [0, 0.05) is 11.4 Å². The number of anilines is 2. The Labute approximate surface area is 134 Å². The third-order valence-electron chi connectivity index (χ3n) is 4.56. The van der Waals surface area contributed by atoms with Gasteiger partial charge in [-0.2, -0.15) is 0 Å². The van der Waals surface area contributed by atoms with Gasteiger partial charge in [-0.1, -0.05) is 27.7 Å². The van der Waals surface area contributed by atoms with Crippen molar-refractivity contribution in [2.45, 2.75) is 53.4 Å². The van der Waals surface area contributed by atoms with Crippen molar-refractivity contribution in [2.24, 2.45) is 0 Å². The molecule has 2 heteroatoms. The van der Waals surface area contributed by atoms with Crippen molar-refractivity contribution in [3.05, 3.63) is 46.5 Å². The standard InChI is InChI=1S/C20H28N2/c1-5-13-9-17(10-14(6-2)19(13)21)18-11-15(7-3)20(22)16(8-4)12-18/h9-12H,5-8,21-22H2,1-4H3. The van der Waals surface area contributed by atoms with Gasteiger partial charge in [-0.25, -0.2) is 0 Å². The topological polar surface area (TPSA) is 52.0 Å². The highest BCUT2D eigenvalue weighted by Gasteiger charge is 2.11. The van der Waals surface area contributed by atoms with Gasteiger partial charge >= 0.3 is 0 Å². The molecule has 2 rings (SSSR count). The summed E-state index contributed by atoms with van der Waals surface area (Å²) in [7, 11) is 0. The van der Waals surface area contributed by atoms with Crippen molar-refractivity contribution < 1.29 is 0 Å². The maximum absolute atomic E-state index is 6.27. The Morgan fingerprint density at radius 2 is 0.773 bits per heavy atom. The zero-order chi connectivity index (χ0) is 16.3. The predicted octanol–water partition coefficient (Wildman–Crippen LogP) is 4.77. The minimum absolute atomic E-state index is 0.954. The normalized spacial score (nSPS) is 10.9. The van der Waals surface area contributed by atoms with E-state index in [0.29, 0.717) is 0 Å². The number of nitrogens with two attached hydrogens (primary N) is 2. The maximum atomic E-state index is 6.27. The second-order valence-electron chi connectivity index (χ2n) is 5.83. The quantitative estimate of drug-likeness (QED) is 0.781. The number of aryl methyl sites for hydroxylation is 4. The molecule has 0 spiro atoms. The van der Waals surface area contributed by atoms with Crippen LogP contribution in [0.25, 0.3) is 11.1 Å². The highest BCUT2D eigenvalue weighted by Crippen LogP contribution is 2.32. The summed E-state index contributed by atoms with van der Waals surface area (Å²) in [6.07, 6.45) is 3.84. The fraction of sp³-hybridized carbons (Fsp3) is 0.400. The molecule has 0 atom stereocenters. The summed E-state index contributed by atoms with van der Waals surface area (Å²) in [4.78, 5) is 0. The van der Waals surface area contributed by atoms with Crippen molar-refractivity contribution in [1.82, 2.24) is 0 Å². The molecule has 0 aliphatic carbocycles. The van der Waals surface area contributed by atoms with E-state index in [1.54, 1.807) is 0 Å². The van der Waals surface area contributed by atoms with E-state index in [0.717, 1.165) is 37.1 Å². The van der Waals surface area contributed by atoms with Gasteiger partial charge in [0.1, 0.15) is 0 Å². The highest BCUT2D eigenvalue weighted by atomic mass is 14.6. The summed E-state index contributed by atoms with van der Waals surface area (Å²) >= 11 is 0. The van der Waals surface area contributed by atoms with Crippen molar-refractivity contribution in [3.8, 4) is 11.1 Å². The molecule has 0 bridgehead atoms. The summed E-state index contributed by atoms with van der Waals surface area (Å²) in [6, 6.07) is 8.94. The number of hydrogen-bond acceptors (Lipinski definition) is 2. The van der Waals surface area contributed by atoms with Crippen molar-refractivity contribution in [3.63, 3.8) is 0 Å². The summed E-state index contributed by atoms with van der Waals surface area (Å²) in [6.45, 7) is 8.64.